The molecule has 0 amide bonds. The first-order valence-corrected chi connectivity index (χ1v) is 7.58. The van der Waals surface area contributed by atoms with Gasteiger partial charge >= 0.3 is 0 Å². The second kappa shape index (κ2) is 5.81. The minimum absolute atomic E-state index is 0.379. The Bertz CT molecular complexity index is 832. The Labute approximate surface area is 134 Å². The molecule has 0 saturated carbocycles. The Morgan fingerprint density at radius 2 is 2.18 bits per heavy atom. The van der Waals surface area contributed by atoms with Crippen LogP contribution in [0.5, 0.6) is 0 Å². The molecule has 0 atom stereocenters. The fraction of sp³-hybridized carbons (Fsp3) is 0.176. The van der Waals surface area contributed by atoms with E-state index in [1.54, 1.807) is 6.07 Å². The highest BCUT2D eigenvalue weighted by molar-refractivity contribution is 6.31. The maximum absolute atomic E-state index is 6.15. The number of furan rings is 1. The smallest absolute Gasteiger partial charge is 0.191 e. The van der Waals surface area contributed by atoms with E-state index >= 15 is 0 Å². The number of fused-ring (bicyclic) bond motifs is 1. The molecule has 0 fully saturated rings. The normalized spacial score (nSPS) is 11.0. The van der Waals surface area contributed by atoms with Crippen LogP contribution in [0.3, 0.4) is 0 Å². The van der Waals surface area contributed by atoms with Gasteiger partial charge in [0, 0.05) is 39.8 Å². The number of aromatic nitrogens is 1. The van der Waals surface area contributed by atoms with Gasteiger partial charge in [-0.15, -0.1) is 0 Å². The molecule has 0 radical (unpaired) electrons. The number of nitrogen functional groups attached to an aromatic ring is 1. The standard InChI is InChI=1S/C17H18ClN3O/c1-3-8-20-10(2)16-12-9-11(18)4-5-13(12)21-17(16)14-6-7-15(19)22-14/h4-7,9,20-21H,2-3,8,19H2,1H3. The van der Waals surface area contributed by atoms with Crippen LogP contribution in [0.4, 0.5) is 5.88 Å². The average molecular weight is 316 g/mol. The number of aromatic amines is 1. The van der Waals surface area contributed by atoms with Crippen LogP contribution >= 0.6 is 11.6 Å². The highest BCUT2D eigenvalue weighted by Gasteiger charge is 2.18. The van der Waals surface area contributed by atoms with Crippen molar-refractivity contribution in [2.24, 2.45) is 0 Å². The van der Waals surface area contributed by atoms with Crippen LogP contribution in [0, 0.1) is 0 Å². The zero-order valence-corrected chi connectivity index (χ0v) is 13.1. The molecule has 0 unspecified atom stereocenters. The second-order valence-electron chi connectivity index (χ2n) is 5.17. The van der Waals surface area contributed by atoms with Crippen molar-refractivity contribution in [3.05, 3.63) is 47.5 Å². The lowest BCUT2D eigenvalue weighted by molar-refractivity contribution is 0.601. The predicted octanol–water partition coefficient (Wildman–Crippen LogP) is 4.63. The molecule has 2 aromatic heterocycles. The number of hydrogen-bond donors (Lipinski definition) is 3. The van der Waals surface area contributed by atoms with Crippen LogP contribution in [0.2, 0.25) is 5.02 Å². The number of anilines is 1. The van der Waals surface area contributed by atoms with Crippen molar-refractivity contribution >= 4 is 34.1 Å². The van der Waals surface area contributed by atoms with E-state index in [2.05, 4.69) is 23.8 Å². The summed E-state index contributed by atoms with van der Waals surface area (Å²) in [5.41, 5.74) is 9.32. The van der Waals surface area contributed by atoms with Gasteiger partial charge in [-0.1, -0.05) is 25.1 Å². The summed E-state index contributed by atoms with van der Waals surface area (Å²) in [6.07, 6.45) is 1.02. The van der Waals surface area contributed by atoms with Gasteiger partial charge < -0.3 is 20.5 Å². The summed E-state index contributed by atoms with van der Waals surface area (Å²) in [5.74, 6) is 1.06. The molecule has 5 heteroatoms. The molecule has 2 heterocycles. The molecule has 3 aromatic rings. The van der Waals surface area contributed by atoms with Gasteiger partial charge in [0.2, 0.25) is 0 Å². The predicted molar refractivity (Wildman–Crippen MR) is 92.8 cm³/mol. The molecular weight excluding hydrogens is 298 g/mol. The summed E-state index contributed by atoms with van der Waals surface area (Å²) < 4.78 is 5.57. The minimum Gasteiger partial charge on any atom is -0.439 e. The van der Waals surface area contributed by atoms with E-state index in [1.807, 2.05) is 24.3 Å². The first-order valence-electron chi connectivity index (χ1n) is 7.20. The molecule has 1 aromatic carbocycles. The summed E-state index contributed by atoms with van der Waals surface area (Å²) in [5, 5.41) is 5.02. The molecule has 114 valence electrons. The lowest BCUT2D eigenvalue weighted by atomic mass is 10.1. The van der Waals surface area contributed by atoms with Crippen molar-refractivity contribution in [1.29, 1.82) is 0 Å². The Balaban J connectivity index is 2.19. The van der Waals surface area contributed by atoms with Crippen molar-refractivity contribution in [3.63, 3.8) is 0 Å². The van der Waals surface area contributed by atoms with Crippen LogP contribution in [-0.2, 0) is 0 Å². The van der Waals surface area contributed by atoms with Crippen LogP contribution < -0.4 is 11.1 Å². The zero-order chi connectivity index (χ0) is 15.7. The van der Waals surface area contributed by atoms with E-state index in [0.717, 1.165) is 40.8 Å². The Morgan fingerprint density at radius 3 is 2.86 bits per heavy atom. The van der Waals surface area contributed by atoms with Crippen molar-refractivity contribution in [2.45, 2.75) is 13.3 Å². The summed E-state index contributed by atoms with van der Waals surface area (Å²) in [6, 6.07) is 9.31. The first-order chi connectivity index (χ1) is 10.6. The quantitative estimate of drug-likeness (QED) is 0.643. The second-order valence-corrected chi connectivity index (χ2v) is 5.61. The van der Waals surface area contributed by atoms with Crippen molar-refractivity contribution < 1.29 is 4.42 Å². The van der Waals surface area contributed by atoms with E-state index in [1.165, 1.54) is 0 Å². The van der Waals surface area contributed by atoms with E-state index in [9.17, 15) is 0 Å². The van der Waals surface area contributed by atoms with Gasteiger partial charge in [0.1, 0.15) is 0 Å². The Morgan fingerprint density at radius 1 is 1.36 bits per heavy atom. The number of halogens is 1. The number of H-pyrrole nitrogens is 1. The van der Waals surface area contributed by atoms with E-state index < -0.39 is 0 Å². The summed E-state index contributed by atoms with van der Waals surface area (Å²) in [4.78, 5) is 3.37. The van der Waals surface area contributed by atoms with E-state index in [-0.39, 0.29) is 0 Å². The maximum atomic E-state index is 6.15. The van der Waals surface area contributed by atoms with Gasteiger partial charge in [-0.3, -0.25) is 0 Å². The zero-order valence-electron chi connectivity index (χ0n) is 12.4. The molecule has 0 aliphatic rings. The number of hydrogen-bond acceptors (Lipinski definition) is 3. The number of nitrogens with one attached hydrogen (secondary N) is 2. The third-order valence-electron chi connectivity index (χ3n) is 3.52. The summed E-state index contributed by atoms with van der Waals surface area (Å²) in [6.45, 7) is 7.12. The molecule has 0 saturated heterocycles. The van der Waals surface area contributed by atoms with Crippen molar-refractivity contribution in [2.75, 3.05) is 12.3 Å². The molecule has 0 spiro atoms. The lowest BCUT2D eigenvalue weighted by Crippen LogP contribution is -2.12. The summed E-state index contributed by atoms with van der Waals surface area (Å²) in [7, 11) is 0. The van der Waals surface area contributed by atoms with Gasteiger partial charge in [-0.05, 0) is 30.7 Å². The van der Waals surface area contributed by atoms with Crippen LogP contribution in [0.1, 0.15) is 18.9 Å². The van der Waals surface area contributed by atoms with Gasteiger partial charge in [-0.2, -0.15) is 0 Å². The Hall–Kier alpha value is -2.33. The van der Waals surface area contributed by atoms with Crippen LogP contribution in [-0.4, -0.2) is 11.5 Å². The fourth-order valence-electron chi connectivity index (χ4n) is 2.51. The van der Waals surface area contributed by atoms with E-state index in [0.29, 0.717) is 16.7 Å². The number of benzene rings is 1. The molecule has 3 rings (SSSR count). The van der Waals surface area contributed by atoms with Crippen molar-refractivity contribution in [3.8, 4) is 11.5 Å². The molecule has 0 aliphatic carbocycles. The van der Waals surface area contributed by atoms with Crippen LogP contribution in [0.15, 0.2) is 41.3 Å². The number of nitrogens with two attached hydrogens (primary N) is 1. The molecule has 22 heavy (non-hydrogen) atoms. The number of rotatable bonds is 5. The maximum Gasteiger partial charge on any atom is 0.191 e. The first kappa shape index (κ1) is 14.6. The Kier molecular flexibility index (Phi) is 3.86. The third-order valence-corrected chi connectivity index (χ3v) is 3.76. The largest absolute Gasteiger partial charge is 0.439 e. The SMILES string of the molecule is C=C(NCCC)c1c(-c2ccc(N)o2)[nH]c2ccc(Cl)cc12. The highest BCUT2D eigenvalue weighted by atomic mass is 35.5. The third kappa shape index (κ3) is 2.57. The molecule has 0 bridgehead atoms. The van der Waals surface area contributed by atoms with Gasteiger partial charge in [0.25, 0.3) is 0 Å². The van der Waals surface area contributed by atoms with E-state index in [4.69, 9.17) is 21.8 Å². The molecule has 4 N–H and O–H groups in total. The monoisotopic (exact) mass is 315 g/mol. The average Bonchev–Trinajstić information content (AvgIpc) is 3.07. The molecule has 0 aliphatic heterocycles. The lowest BCUT2D eigenvalue weighted by Gasteiger charge is -2.09. The van der Waals surface area contributed by atoms with Gasteiger partial charge in [0.15, 0.2) is 11.6 Å². The van der Waals surface area contributed by atoms with Crippen molar-refractivity contribution in [1.82, 2.24) is 10.3 Å². The van der Waals surface area contributed by atoms with Crippen LogP contribution in [0.25, 0.3) is 28.1 Å². The fourth-order valence-corrected chi connectivity index (χ4v) is 2.69. The molecular formula is C17H18ClN3O. The van der Waals surface area contributed by atoms with Gasteiger partial charge in [-0.25, -0.2) is 0 Å². The minimum atomic E-state index is 0.379. The molecule has 4 nitrogen and oxygen atoms in total. The summed E-state index contributed by atoms with van der Waals surface area (Å²) >= 11 is 6.15. The van der Waals surface area contributed by atoms with Gasteiger partial charge in [0.05, 0.1) is 5.69 Å². The topological polar surface area (TPSA) is 67.0 Å². The highest BCUT2D eigenvalue weighted by Crippen LogP contribution is 2.36.